The Morgan fingerprint density at radius 2 is 1.94 bits per heavy atom. The molecule has 0 unspecified atom stereocenters. The molecular formula is C13H22N2O. The van der Waals surface area contributed by atoms with Gasteiger partial charge in [0, 0.05) is 30.1 Å². The van der Waals surface area contributed by atoms with E-state index >= 15 is 0 Å². The summed E-state index contributed by atoms with van der Waals surface area (Å²) in [6.07, 6.45) is 1.12. The molecule has 0 amide bonds. The van der Waals surface area contributed by atoms with Crippen LogP contribution in [0.1, 0.15) is 27.2 Å². The van der Waals surface area contributed by atoms with E-state index in [9.17, 15) is 0 Å². The first-order valence-electron chi connectivity index (χ1n) is 5.59. The molecule has 3 heteroatoms. The molecule has 1 aromatic rings. The molecule has 0 aliphatic rings. The van der Waals surface area contributed by atoms with Gasteiger partial charge in [-0.25, -0.2) is 0 Å². The van der Waals surface area contributed by atoms with Crippen molar-refractivity contribution in [2.75, 3.05) is 24.7 Å². The second-order valence-electron chi connectivity index (χ2n) is 5.23. The minimum absolute atomic E-state index is 0.345. The molecule has 0 bridgehead atoms. The van der Waals surface area contributed by atoms with Crippen molar-refractivity contribution in [3.05, 3.63) is 18.2 Å². The summed E-state index contributed by atoms with van der Waals surface area (Å²) < 4.78 is 5.16. The number of anilines is 2. The third kappa shape index (κ3) is 4.43. The van der Waals surface area contributed by atoms with Gasteiger partial charge in [-0.2, -0.15) is 0 Å². The average molecular weight is 222 g/mol. The maximum Gasteiger partial charge on any atom is 0.122 e. The Balaban J connectivity index is 2.57. The molecule has 0 heterocycles. The van der Waals surface area contributed by atoms with Crippen LogP contribution >= 0.6 is 0 Å². The van der Waals surface area contributed by atoms with Crippen LogP contribution in [0, 0.1) is 5.41 Å². The van der Waals surface area contributed by atoms with Crippen molar-refractivity contribution in [3.8, 4) is 5.75 Å². The molecule has 0 spiro atoms. The molecule has 0 saturated heterocycles. The van der Waals surface area contributed by atoms with Crippen molar-refractivity contribution in [2.45, 2.75) is 27.2 Å². The van der Waals surface area contributed by atoms with Gasteiger partial charge in [0.2, 0.25) is 0 Å². The fourth-order valence-corrected chi connectivity index (χ4v) is 1.42. The summed E-state index contributed by atoms with van der Waals surface area (Å²) in [7, 11) is 1.65. The van der Waals surface area contributed by atoms with Crippen LogP contribution < -0.4 is 15.8 Å². The van der Waals surface area contributed by atoms with Crippen LogP contribution in [-0.4, -0.2) is 13.7 Å². The fourth-order valence-electron chi connectivity index (χ4n) is 1.42. The Kier molecular flexibility index (Phi) is 4.05. The minimum Gasteiger partial charge on any atom is -0.497 e. The Morgan fingerprint density at radius 3 is 2.50 bits per heavy atom. The number of nitrogen functional groups attached to an aromatic ring is 1. The number of ether oxygens (including phenoxy) is 1. The first-order valence-corrected chi connectivity index (χ1v) is 5.59. The maximum absolute atomic E-state index is 5.77. The summed E-state index contributed by atoms with van der Waals surface area (Å²) in [5.41, 5.74) is 7.85. The molecule has 16 heavy (non-hydrogen) atoms. The van der Waals surface area contributed by atoms with Crippen molar-refractivity contribution >= 4 is 11.4 Å². The number of methoxy groups -OCH3 is 1. The molecule has 3 N–H and O–H groups in total. The van der Waals surface area contributed by atoms with Crippen LogP contribution in [0.3, 0.4) is 0 Å². The smallest absolute Gasteiger partial charge is 0.122 e. The van der Waals surface area contributed by atoms with Gasteiger partial charge in [0.15, 0.2) is 0 Å². The Morgan fingerprint density at radius 1 is 1.25 bits per heavy atom. The monoisotopic (exact) mass is 222 g/mol. The normalized spacial score (nSPS) is 11.2. The lowest BCUT2D eigenvalue weighted by molar-refractivity contribution is 0.389. The van der Waals surface area contributed by atoms with Crippen LogP contribution in [0.4, 0.5) is 11.4 Å². The predicted octanol–water partition coefficient (Wildman–Crippen LogP) is 3.13. The van der Waals surface area contributed by atoms with Gasteiger partial charge in [-0.15, -0.1) is 0 Å². The Bertz CT molecular complexity index is 342. The quantitative estimate of drug-likeness (QED) is 0.769. The third-order valence-corrected chi connectivity index (χ3v) is 2.37. The maximum atomic E-state index is 5.77. The summed E-state index contributed by atoms with van der Waals surface area (Å²) in [4.78, 5) is 0. The van der Waals surface area contributed by atoms with E-state index in [1.54, 1.807) is 7.11 Å². The van der Waals surface area contributed by atoms with Crippen LogP contribution in [0.2, 0.25) is 0 Å². The van der Waals surface area contributed by atoms with Crippen LogP contribution in [0.25, 0.3) is 0 Å². The van der Waals surface area contributed by atoms with Crippen molar-refractivity contribution in [3.63, 3.8) is 0 Å². The van der Waals surface area contributed by atoms with E-state index in [2.05, 4.69) is 26.1 Å². The molecular weight excluding hydrogens is 200 g/mol. The second kappa shape index (κ2) is 5.10. The van der Waals surface area contributed by atoms with Gasteiger partial charge < -0.3 is 15.8 Å². The Labute approximate surface area is 98.0 Å². The van der Waals surface area contributed by atoms with E-state index < -0.39 is 0 Å². The first kappa shape index (κ1) is 12.7. The lowest BCUT2D eigenvalue weighted by atomic mass is 9.92. The Hall–Kier alpha value is -1.38. The van der Waals surface area contributed by atoms with Crippen molar-refractivity contribution < 1.29 is 4.74 Å². The lowest BCUT2D eigenvalue weighted by Gasteiger charge is -2.18. The van der Waals surface area contributed by atoms with E-state index in [0.717, 1.165) is 30.1 Å². The highest BCUT2D eigenvalue weighted by Gasteiger charge is 2.09. The fraction of sp³-hybridized carbons (Fsp3) is 0.538. The molecule has 1 aromatic carbocycles. The van der Waals surface area contributed by atoms with Crippen LogP contribution in [0.5, 0.6) is 5.75 Å². The number of hydrogen-bond donors (Lipinski definition) is 2. The average Bonchev–Trinajstić information content (AvgIpc) is 2.14. The SMILES string of the molecule is COc1cc(N)cc(NCCC(C)(C)C)c1. The molecule has 0 radical (unpaired) electrons. The highest BCUT2D eigenvalue weighted by molar-refractivity contribution is 5.59. The summed E-state index contributed by atoms with van der Waals surface area (Å²) in [5.74, 6) is 0.790. The van der Waals surface area contributed by atoms with Gasteiger partial charge in [-0.3, -0.25) is 0 Å². The highest BCUT2D eigenvalue weighted by atomic mass is 16.5. The number of rotatable bonds is 4. The van der Waals surface area contributed by atoms with E-state index in [1.165, 1.54) is 0 Å². The van der Waals surface area contributed by atoms with E-state index in [1.807, 2.05) is 18.2 Å². The van der Waals surface area contributed by atoms with Crippen molar-refractivity contribution in [2.24, 2.45) is 5.41 Å². The topological polar surface area (TPSA) is 47.3 Å². The summed E-state index contributed by atoms with van der Waals surface area (Å²) in [6.45, 7) is 7.63. The summed E-state index contributed by atoms with van der Waals surface area (Å²) in [6, 6.07) is 5.69. The van der Waals surface area contributed by atoms with Gasteiger partial charge in [-0.1, -0.05) is 20.8 Å². The molecule has 90 valence electrons. The highest BCUT2D eigenvalue weighted by Crippen LogP contribution is 2.23. The summed E-state index contributed by atoms with van der Waals surface area (Å²) >= 11 is 0. The van der Waals surface area contributed by atoms with Crippen LogP contribution in [0.15, 0.2) is 18.2 Å². The second-order valence-corrected chi connectivity index (χ2v) is 5.23. The van der Waals surface area contributed by atoms with Gasteiger partial charge in [0.1, 0.15) is 5.75 Å². The van der Waals surface area contributed by atoms with Gasteiger partial charge >= 0.3 is 0 Å². The van der Waals surface area contributed by atoms with Crippen molar-refractivity contribution in [1.82, 2.24) is 0 Å². The molecule has 0 fully saturated rings. The van der Waals surface area contributed by atoms with Crippen molar-refractivity contribution in [1.29, 1.82) is 0 Å². The third-order valence-electron chi connectivity index (χ3n) is 2.37. The first-order chi connectivity index (χ1) is 7.40. The predicted molar refractivity (Wildman–Crippen MR) is 70.0 cm³/mol. The van der Waals surface area contributed by atoms with Gasteiger partial charge in [0.05, 0.1) is 7.11 Å². The number of benzene rings is 1. The zero-order chi connectivity index (χ0) is 12.2. The van der Waals surface area contributed by atoms with E-state index in [0.29, 0.717) is 5.41 Å². The zero-order valence-corrected chi connectivity index (χ0v) is 10.6. The minimum atomic E-state index is 0.345. The molecule has 0 saturated carbocycles. The zero-order valence-electron chi connectivity index (χ0n) is 10.6. The van der Waals surface area contributed by atoms with Gasteiger partial charge in [-0.05, 0) is 17.9 Å². The number of hydrogen-bond acceptors (Lipinski definition) is 3. The molecule has 1 rings (SSSR count). The molecule has 0 atom stereocenters. The van der Waals surface area contributed by atoms with Gasteiger partial charge in [0.25, 0.3) is 0 Å². The largest absolute Gasteiger partial charge is 0.497 e. The van der Waals surface area contributed by atoms with E-state index in [4.69, 9.17) is 10.5 Å². The number of nitrogens with two attached hydrogens (primary N) is 1. The molecule has 0 aromatic heterocycles. The number of nitrogens with one attached hydrogen (secondary N) is 1. The molecule has 3 nitrogen and oxygen atoms in total. The summed E-state index contributed by atoms with van der Waals surface area (Å²) in [5, 5.41) is 3.36. The molecule has 0 aliphatic carbocycles. The van der Waals surface area contributed by atoms with E-state index in [-0.39, 0.29) is 0 Å². The van der Waals surface area contributed by atoms with Crippen LogP contribution in [-0.2, 0) is 0 Å². The standard InChI is InChI=1S/C13H22N2O/c1-13(2,3)5-6-15-11-7-10(14)8-12(9-11)16-4/h7-9,15H,5-6,14H2,1-4H3. The molecule has 0 aliphatic heterocycles. The lowest BCUT2D eigenvalue weighted by Crippen LogP contribution is -2.12.